The van der Waals surface area contributed by atoms with Gasteiger partial charge in [0.15, 0.2) is 0 Å². The molecule has 4 heteroatoms. The maximum absolute atomic E-state index is 12.2. The second kappa shape index (κ2) is 8.70. The third-order valence-electron chi connectivity index (χ3n) is 4.45. The molecule has 2 atom stereocenters. The van der Waals surface area contributed by atoms with Crippen LogP contribution in [0.4, 0.5) is 0 Å². The fourth-order valence-corrected chi connectivity index (χ4v) is 2.83. The number of amides is 2. The number of hydrogen-bond donors (Lipinski definition) is 1. The van der Waals surface area contributed by atoms with Crippen molar-refractivity contribution in [2.24, 2.45) is 11.8 Å². The highest BCUT2D eigenvalue weighted by Gasteiger charge is 2.48. The zero-order chi connectivity index (χ0) is 16.7. The topological polar surface area (TPSA) is 49.4 Å². The molecule has 1 N–H and O–H groups in total. The van der Waals surface area contributed by atoms with E-state index >= 15 is 0 Å². The summed E-state index contributed by atoms with van der Waals surface area (Å²) in [6.07, 6.45) is 4.70. The van der Waals surface area contributed by atoms with Crippen LogP contribution in [0, 0.1) is 11.8 Å². The summed E-state index contributed by atoms with van der Waals surface area (Å²) >= 11 is 0. The first-order chi connectivity index (χ1) is 11.1. The maximum Gasteiger partial charge on any atom is 0.226 e. The van der Waals surface area contributed by atoms with E-state index in [4.69, 9.17) is 0 Å². The Morgan fingerprint density at radius 3 is 2.61 bits per heavy atom. The van der Waals surface area contributed by atoms with Crippen LogP contribution >= 0.6 is 0 Å². The van der Waals surface area contributed by atoms with E-state index in [9.17, 15) is 9.59 Å². The van der Waals surface area contributed by atoms with Crippen LogP contribution in [0.15, 0.2) is 30.3 Å². The zero-order valence-corrected chi connectivity index (χ0v) is 14.3. The lowest BCUT2D eigenvalue weighted by molar-refractivity contribution is -0.133. The van der Waals surface area contributed by atoms with Crippen LogP contribution < -0.4 is 5.32 Å². The molecule has 126 valence electrons. The summed E-state index contributed by atoms with van der Waals surface area (Å²) in [4.78, 5) is 26.0. The quantitative estimate of drug-likeness (QED) is 0.712. The zero-order valence-electron chi connectivity index (χ0n) is 14.3. The number of hydrogen-bond acceptors (Lipinski definition) is 2. The van der Waals surface area contributed by atoms with E-state index < -0.39 is 0 Å². The van der Waals surface area contributed by atoms with Crippen LogP contribution in [0.2, 0.25) is 0 Å². The molecule has 2 amide bonds. The molecule has 0 bridgehead atoms. The lowest BCUT2D eigenvalue weighted by Crippen LogP contribution is -2.32. The first kappa shape index (κ1) is 17.5. The van der Waals surface area contributed by atoms with Gasteiger partial charge in [-0.05, 0) is 31.2 Å². The van der Waals surface area contributed by atoms with Gasteiger partial charge in [-0.15, -0.1) is 0 Å². The first-order valence-electron chi connectivity index (χ1n) is 8.70. The summed E-state index contributed by atoms with van der Waals surface area (Å²) in [6.45, 7) is 3.58. The van der Waals surface area contributed by atoms with E-state index in [-0.39, 0.29) is 23.7 Å². The van der Waals surface area contributed by atoms with Crippen molar-refractivity contribution in [3.05, 3.63) is 35.9 Å². The Hall–Kier alpha value is -1.84. The second-order valence-electron chi connectivity index (χ2n) is 6.44. The normalized spacial score (nSPS) is 19.2. The predicted octanol–water partition coefficient (Wildman–Crippen LogP) is 2.63. The van der Waals surface area contributed by atoms with Gasteiger partial charge in [-0.2, -0.15) is 0 Å². The molecule has 1 aromatic carbocycles. The van der Waals surface area contributed by atoms with E-state index in [0.29, 0.717) is 13.0 Å². The van der Waals surface area contributed by atoms with Crippen molar-refractivity contribution in [3.8, 4) is 0 Å². The fourth-order valence-electron chi connectivity index (χ4n) is 2.83. The van der Waals surface area contributed by atoms with Crippen molar-refractivity contribution in [2.45, 2.75) is 39.0 Å². The lowest BCUT2D eigenvalue weighted by atomic mass is 10.1. The van der Waals surface area contributed by atoms with E-state index in [0.717, 1.165) is 32.2 Å². The minimum Gasteiger partial charge on any atom is -0.356 e. The summed E-state index contributed by atoms with van der Waals surface area (Å²) in [5.74, 6) is -0.0301. The number of nitrogens with one attached hydrogen (secondary N) is 1. The Morgan fingerprint density at radius 1 is 1.17 bits per heavy atom. The highest BCUT2D eigenvalue weighted by molar-refractivity contribution is 5.92. The van der Waals surface area contributed by atoms with Crippen LogP contribution in [-0.4, -0.2) is 36.9 Å². The smallest absolute Gasteiger partial charge is 0.226 e. The summed E-state index contributed by atoms with van der Waals surface area (Å²) in [5, 5.41) is 2.97. The average Bonchev–Trinajstić information content (AvgIpc) is 3.37. The summed E-state index contributed by atoms with van der Waals surface area (Å²) in [5.41, 5.74) is 1.29. The monoisotopic (exact) mass is 316 g/mol. The molecule has 0 spiro atoms. The second-order valence-corrected chi connectivity index (χ2v) is 6.44. The fraction of sp³-hybridized carbons (Fsp3) is 0.579. The number of aryl methyl sites for hydroxylation is 1. The minimum atomic E-state index is -0.108. The molecule has 1 aliphatic rings. The van der Waals surface area contributed by atoms with Gasteiger partial charge in [0.05, 0.1) is 11.8 Å². The van der Waals surface area contributed by atoms with Crippen molar-refractivity contribution in [1.82, 2.24) is 10.2 Å². The summed E-state index contributed by atoms with van der Waals surface area (Å²) in [7, 11) is 1.84. The van der Waals surface area contributed by atoms with Crippen molar-refractivity contribution < 1.29 is 9.59 Å². The predicted molar refractivity (Wildman–Crippen MR) is 91.9 cm³/mol. The molecule has 0 aromatic heterocycles. The first-order valence-corrected chi connectivity index (χ1v) is 8.70. The third-order valence-corrected chi connectivity index (χ3v) is 4.45. The van der Waals surface area contributed by atoms with Crippen LogP contribution in [-0.2, 0) is 16.0 Å². The number of carbonyl (C=O) groups is 2. The highest BCUT2D eigenvalue weighted by atomic mass is 16.2. The van der Waals surface area contributed by atoms with Gasteiger partial charge < -0.3 is 10.2 Å². The van der Waals surface area contributed by atoms with Gasteiger partial charge in [-0.25, -0.2) is 0 Å². The molecule has 2 unspecified atom stereocenters. The van der Waals surface area contributed by atoms with Gasteiger partial charge >= 0.3 is 0 Å². The van der Waals surface area contributed by atoms with Crippen LogP contribution in [0.3, 0.4) is 0 Å². The molecule has 0 saturated heterocycles. The number of carbonyl (C=O) groups excluding carboxylic acids is 2. The molecular weight excluding hydrogens is 288 g/mol. The number of rotatable bonds is 9. The minimum absolute atomic E-state index is 0.0419. The van der Waals surface area contributed by atoms with Crippen LogP contribution in [0.5, 0.6) is 0 Å². The molecule has 23 heavy (non-hydrogen) atoms. The van der Waals surface area contributed by atoms with E-state index in [1.807, 2.05) is 25.2 Å². The SMILES string of the molecule is CCCCN(C)C(=O)C1CC1C(=O)NCCCc1ccccc1. The van der Waals surface area contributed by atoms with E-state index in [1.54, 1.807) is 4.90 Å². The molecule has 2 rings (SSSR count). The van der Waals surface area contributed by atoms with Gasteiger partial charge in [0.1, 0.15) is 0 Å². The molecule has 4 nitrogen and oxygen atoms in total. The van der Waals surface area contributed by atoms with E-state index in [1.165, 1.54) is 5.56 Å². The average molecular weight is 316 g/mol. The van der Waals surface area contributed by atoms with Crippen LogP contribution in [0.25, 0.3) is 0 Å². The Kier molecular flexibility index (Phi) is 6.63. The largest absolute Gasteiger partial charge is 0.356 e. The highest BCUT2D eigenvalue weighted by Crippen LogP contribution is 2.39. The molecule has 0 aliphatic heterocycles. The maximum atomic E-state index is 12.2. The van der Waals surface area contributed by atoms with Crippen LogP contribution in [0.1, 0.15) is 38.2 Å². The molecule has 1 fully saturated rings. The molecular formula is C19H28N2O2. The number of benzene rings is 1. The summed E-state index contributed by atoms with van der Waals surface area (Å²) < 4.78 is 0. The van der Waals surface area contributed by atoms with Crippen molar-refractivity contribution >= 4 is 11.8 Å². The van der Waals surface area contributed by atoms with Gasteiger partial charge in [-0.3, -0.25) is 9.59 Å². The molecule has 1 saturated carbocycles. The molecule has 1 aliphatic carbocycles. The third kappa shape index (κ3) is 5.38. The van der Waals surface area contributed by atoms with Gasteiger partial charge in [0, 0.05) is 20.1 Å². The lowest BCUT2D eigenvalue weighted by Gasteiger charge is -2.16. The van der Waals surface area contributed by atoms with Crippen molar-refractivity contribution in [3.63, 3.8) is 0 Å². The molecule has 1 aromatic rings. The Labute approximate surface area is 139 Å². The van der Waals surface area contributed by atoms with Crippen molar-refractivity contribution in [2.75, 3.05) is 20.1 Å². The van der Waals surface area contributed by atoms with E-state index in [2.05, 4.69) is 24.4 Å². The number of nitrogens with zero attached hydrogens (tertiary/aromatic N) is 1. The number of unbranched alkanes of at least 4 members (excludes halogenated alkanes) is 1. The standard InChI is InChI=1S/C19H28N2O2/c1-3-4-13-21(2)19(23)17-14-16(17)18(22)20-12-8-11-15-9-6-5-7-10-15/h5-7,9-10,16-17H,3-4,8,11-14H2,1-2H3,(H,20,22). The molecule has 0 heterocycles. The van der Waals surface area contributed by atoms with Gasteiger partial charge in [0.2, 0.25) is 11.8 Å². The Morgan fingerprint density at radius 2 is 1.91 bits per heavy atom. The van der Waals surface area contributed by atoms with Gasteiger partial charge in [-0.1, -0.05) is 43.7 Å². The summed E-state index contributed by atoms with van der Waals surface area (Å²) in [6, 6.07) is 10.3. The Balaban J connectivity index is 1.63. The van der Waals surface area contributed by atoms with Gasteiger partial charge in [0.25, 0.3) is 0 Å². The van der Waals surface area contributed by atoms with Crippen molar-refractivity contribution in [1.29, 1.82) is 0 Å². The Bertz CT molecular complexity index is 515. The molecule has 0 radical (unpaired) electrons.